The number of benzene rings is 2. The molecule has 0 unspecified atom stereocenters. The number of rotatable bonds is 4. The smallest absolute Gasteiger partial charge is 0.387 e. The number of hydrogen-bond donors (Lipinski definition) is 1. The number of para-hydroxylation sites is 1. The average Bonchev–Trinajstić information content (AvgIpc) is 2.84. The third-order valence-corrected chi connectivity index (χ3v) is 3.68. The zero-order chi connectivity index (χ0) is 17.1. The molecule has 0 saturated heterocycles. The molecule has 1 amide bonds. The van der Waals surface area contributed by atoms with E-state index in [0.29, 0.717) is 16.8 Å². The molecule has 3 rings (SSSR count). The molecule has 24 heavy (non-hydrogen) atoms. The van der Waals surface area contributed by atoms with Crippen LogP contribution in [0, 0.1) is 0 Å². The lowest BCUT2D eigenvalue weighted by molar-refractivity contribution is -0.110. The fourth-order valence-electron chi connectivity index (χ4n) is 2.16. The molecule has 0 fully saturated rings. The summed E-state index contributed by atoms with van der Waals surface area (Å²) in [6.07, 6.45) is 1.26. The first-order valence-corrected chi connectivity index (χ1v) is 7.60. The molecular weight excluding hydrogens is 384 g/mol. The molecule has 0 aliphatic carbocycles. The van der Waals surface area contributed by atoms with Crippen LogP contribution in [0.2, 0.25) is 0 Å². The van der Waals surface area contributed by atoms with Gasteiger partial charge in [-0.15, -0.1) is 5.10 Å². The zero-order valence-electron chi connectivity index (χ0n) is 12.0. The second-order valence-corrected chi connectivity index (χ2v) is 5.67. The maximum Gasteiger partial charge on any atom is 0.387 e. The van der Waals surface area contributed by atoms with Crippen LogP contribution in [0.3, 0.4) is 0 Å². The van der Waals surface area contributed by atoms with Gasteiger partial charge >= 0.3 is 6.61 Å². The number of halogens is 3. The monoisotopic (exact) mass is 393 g/mol. The normalized spacial score (nSPS) is 15.2. The van der Waals surface area contributed by atoms with Gasteiger partial charge < -0.3 is 10.1 Å². The number of anilines is 1. The molecule has 2 aromatic carbocycles. The third-order valence-electron chi connectivity index (χ3n) is 3.19. The van der Waals surface area contributed by atoms with Gasteiger partial charge in [-0.25, -0.2) is 0 Å². The first-order chi connectivity index (χ1) is 11.5. The molecule has 0 radical (unpaired) electrons. The van der Waals surface area contributed by atoms with Crippen LogP contribution in [-0.2, 0) is 4.79 Å². The van der Waals surface area contributed by atoms with Gasteiger partial charge in [0.1, 0.15) is 5.75 Å². The van der Waals surface area contributed by atoms with E-state index >= 15 is 0 Å². The molecule has 122 valence electrons. The van der Waals surface area contributed by atoms with Crippen molar-refractivity contribution in [1.82, 2.24) is 0 Å². The fraction of sp³-hybridized carbons (Fsp3) is 0.0625. The summed E-state index contributed by atoms with van der Waals surface area (Å²) in [5.74, 6) is -0.396. The molecule has 1 N–H and O–H groups in total. The molecule has 5 nitrogen and oxygen atoms in total. The van der Waals surface area contributed by atoms with Crippen molar-refractivity contribution in [1.29, 1.82) is 0 Å². The van der Waals surface area contributed by atoms with Crippen LogP contribution in [0.4, 0.5) is 14.5 Å². The molecule has 1 aliphatic heterocycles. The molecule has 0 spiro atoms. The van der Waals surface area contributed by atoms with Gasteiger partial charge in [0, 0.05) is 15.6 Å². The predicted octanol–water partition coefficient (Wildman–Crippen LogP) is 3.83. The highest BCUT2D eigenvalue weighted by atomic mass is 79.9. The molecule has 0 aromatic heterocycles. The van der Waals surface area contributed by atoms with Gasteiger partial charge in [0.15, 0.2) is 5.71 Å². The van der Waals surface area contributed by atoms with Crippen molar-refractivity contribution in [2.24, 2.45) is 10.2 Å². The summed E-state index contributed by atoms with van der Waals surface area (Å²) >= 11 is 3.33. The third kappa shape index (κ3) is 3.48. The lowest BCUT2D eigenvalue weighted by atomic mass is 10.1. The highest BCUT2D eigenvalue weighted by Gasteiger charge is 2.26. The number of fused-ring (bicyclic) bond motifs is 1. The second-order valence-electron chi connectivity index (χ2n) is 4.75. The molecule has 1 aliphatic rings. The summed E-state index contributed by atoms with van der Waals surface area (Å²) in [6.45, 7) is -2.93. The quantitative estimate of drug-likeness (QED) is 0.633. The zero-order valence-corrected chi connectivity index (χ0v) is 13.6. The Morgan fingerprint density at radius 1 is 1.21 bits per heavy atom. The summed E-state index contributed by atoms with van der Waals surface area (Å²) in [5.41, 5.74) is 1.73. The van der Waals surface area contributed by atoms with Crippen LogP contribution in [0.1, 0.15) is 11.1 Å². The molecule has 0 atom stereocenters. The van der Waals surface area contributed by atoms with E-state index in [-0.39, 0.29) is 17.4 Å². The van der Waals surface area contributed by atoms with Crippen LogP contribution in [0.15, 0.2) is 57.1 Å². The van der Waals surface area contributed by atoms with Gasteiger partial charge in [-0.05, 0) is 30.3 Å². The maximum absolute atomic E-state index is 12.4. The first-order valence-electron chi connectivity index (χ1n) is 6.81. The Bertz CT molecular complexity index is 853. The Morgan fingerprint density at radius 3 is 2.79 bits per heavy atom. The first kappa shape index (κ1) is 16.3. The van der Waals surface area contributed by atoms with Crippen LogP contribution < -0.4 is 10.1 Å². The molecule has 0 saturated carbocycles. The molecule has 1 heterocycles. The van der Waals surface area contributed by atoms with Gasteiger partial charge in [-0.2, -0.15) is 13.9 Å². The number of carbonyl (C=O) groups is 1. The number of carbonyl (C=O) groups excluding carboxylic acids is 1. The Labute approximate surface area is 144 Å². The molecule has 8 heteroatoms. The highest BCUT2D eigenvalue weighted by Crippen LogP contribution is 2.27. The van der Waals surface area contributed by atoms with Crippen molar-refractivity contribution in [3.63, 3.8) is 0 Å². The second kappa shape index (κ2) is 6.88. The van der Waals surface area contributed by atoms with Crippen molar-refractivity contribution in [3.05, 3.63) is 58.1 Å². The minimum atomic E-state index is -2.93. The summed E-state index contributed by atoms with van der Waals surface area (Å²) in [5, 5.41) is 10.4. The predicted molar refractivity (Wildman–Crippen MR) is 90.0 cm³/mol. The van der Waals surface area contributed by atoms with Gasteiger partial charge in [-0.3, -0.25) is 4.79 Å². The largest absolute Gasteiger partial charge is 0.434 e. The number of alkyl halides is 2. The van der Waals surface area contributed by atoms with E-state index in [1.54, 1.807) is 36.4 Å². The lowest BCUT2D eigenvalue weighted by Crippen LogP contribution is -2.13. The van der Waals surface area contributed by atoms with Gasteiger partial charge in [-0.1, -0.05) is 28.1 Å². The Balaban J connectivity index is 1.88. The molecular formula is C16H10BrF2N3O2. The van der Waals surface area contributed by atoms with Gasteiger partial charge in [0.25, 0.3) is 5.91 Å². The topological polar surface area (TPSA) is 63.0 Å². The standard InChI is InChI=1S/C16H10BrF2N3O2/c17-10-5-6-12-11(7-10)14(15(23)21-12)22-20-8-9-3-1-2-4-13(9)24-16(18)19/h1-8,16H,(H,21,22,23)/b20-8+. The van der Waals surface area contributed by atoms with Gasteiger partial charge in [0.2, 0.25) is 0 Å². The average molecular weight is 394 g/mol. The summed E-state index contributed by atoms with van der Waals surface area (Å²) < 4.78 is 29.9. The SMILES string of the molecule is O=C1Nc2ccc(Br)cc2/C1=N/N=C/c1ccccc1OC(F)F. The molecule has 0 bridgehead atoms. The van der Waals surface area contributed by atoms with Crippen molar-refractivity contribution in [2.75, 3.05) is 5.32 Å². The number of nitrogens with one attached hydrogen (secondary N) is 1. The fourth-order valence-corrected chi connectivity index (χ4v) is 2.52. The summed E-state index contributed by atoms with van der Waals surface area (Å²) in [7, 11) is 0. The number of nitrogens with zero attached hydrogens (tertiary/aromatic N) is 2. The Hall–Kier alpha value is -2.61. The van der Waals surface area contributed by atoms with Crippen molar-refractivity contribution in [3.8, 4) is 5.75 Å². The van der Waals surface area contributed by atoms with E-state index in [2.05, 4.69) is 36.2 Å². The minimum absolute atomic E-state index is 0.0181. The van der Waals surface area contributed by atoms with E-state index in [1.165, 1.54) is 12.3 Å². The highest BCUT2D eigenvalue weighted by molar-refractivity contribution is 9.10. The Morgan fingerprint density at radius 2 is 2.00 bits per heavy atom. The van der Waals surface area contributed by atoms with Crippen molar-refractivity contribution in [2.45, 2.75) is 6.61 Å². The van der Waals surface area contributed by atoms with E-state index in [9.17, 15) is 13.6 Å². The minimum Gasteiger partial charge on any atom is -0.434 e. The van der Waals surface area contributed by atoms with Crippen LogP contribution in [-0.4, -0.2) is 24.4 Å². The number of hydrogen-bond acceptors (Lipinski definition) is 4. The maximum atomic E-state index is 12.4. The summed E-state index contributed by atoms with van der Waals surface area (Å²) in [4.78, 5) is 11.9. The van der Waals surface area contributed by atoms with Gasteiger partial charge in [0.05, 0.1) is 11.9 Å². The van der Waals surface area contributed by atoms with E-state index in [0.717, 1.165) is 4.47 Å². The van der Waals surface area contributed by atoms with Crippen molar-refractivity contribution >= 4 is 39.5 Å². The van der Waals surface area contributed by atoms with E-state index < -0.39 is 6.61 Å². The van der Waals surface area contributed by atoms with E-state index in [4.69, 9.17) is 0 Å². The summed E-state index contributed by atoms with van der Waals surface area (Å²) in [6, 6.07) is 11.5. The number of amides is 1. The molecule has 2 aromatic rings. The van der Waals surface area contributed by atoms with E-state index in [1.807, 2.05) is 0 Å². The number of ether oxygens (including phenoxy) is 1. The Kier molecular flexibility index (Phi) is 4.66. The lowest BCUT2D eigenvalue weighted by Gasteiger charge is -2.06. The van der Waals surface area contributed by atoms with Crippen molar-refractivity contribution < 1.29 is 18.3 Å². The van der Waals surface area contributed by atoms with Crippen LogP contribution in [0.5, 0.6) is 5.75 Å². The van der Waals surface area contributed by atoms with Crippen LogP contribution >= 0.6 is 15.9 Å². The van der Waals surface area contributed by atoms with Crippen LogP contribution in [0.25, 0.3) is 0 Å².